The van der Waals surface area contributed by atoms with Crippen molar-refractivity contribution < 1.29 is 34.3 Å². The largest absolute Gasteiger partial charge is 0.387 e. The predicted molar refractivity (Wildman–Crippen MR) is 87.7 cm³/mol. The molecule has 1 aromatic rings. The number of hydrogen-bond donors (Lipinski definition) is 3. The number of carbonyl (C=O) groups excluding carboxylic acids is 1. The first-order valence-electron chi connectivity index (χ1n) is 8.84. The maximum atomic E-state index is 12.8. The molecule has 0 bridgehead atoms. The van der Waals surface area contributed by atoms with Crippen molar-refractivity contribution in [2.45, 2.75) is 49.2 Å². The van der Waals surface area contributed by atoms with E-state index in [9.17, 15) is 20.1 Å². The van der Waals surface area contributed by atoms with E-state index in [0.717, 1.165) is 5.56 Å². The topological polar surface area (TPSA) is 109 Å². The quantitative estimate of drug-likeness (QED) is 0.662. The molecule has 142 valence electrons. The summed E-state index contributed by atoms with van der Waals surface area (Å²) in [5.41, 5.74) is -0.585. The van der Waals surface area contributed by atoms with Gasteiger partial charge in [-0.05, 0) is 5.56 Å². The van der Waals surface area contributed by atoms with E-state index in [4.69, 9.17) is 14.2 Å². The van der Waals surface area contributed by atoms with Crippen LogP contribution in [0.2, 0.25) is 0 Å². The van der Waals surface area contributed by atoms with Gasteiger partial charge in [-0.2, -0.15) is 0 Å². The molecule has 1 amide bonds. The average molecular weight is 365 g/mol. The van der Waals surface area contributed by atoms with Crippen LogP contribution < -0.4 is 0 Å². The number of amides is 1. The van der Waals surface area contributed by atoms with Crippen molar-refractivity contribution >= 4 is 5.91 Å². The van der Waals surface area contributed by atoms with Crippen molar-refractivity contribution in [1.82, 2.24) is 4.90 Å². The molecule has 0 aromatic heterocycles. The SMILES string of the molecule is O=C1[C@H](O)[C@H](O)[C@@H](O)[C@@]2(CCC3OCCO3)OC[C@H](c3ccccc3)N12. The molecule has 8 nitrogen and oxygen atoms in total. The molecular formula is C18H23NO7. The molecule has 26 heavy (non-hydrogen) atoms. The van der Waals surface area contributed by atoms with Crippen molar-refractivity contribution in [3.8, 4) is 0 Å². The van der Waals surface area contributed by atoms with E-state index < -0.39 is 42.3 Å². The normalized spacial score (nSPS) is 38.0. The smallest absolute Gasteiger partial charge is 0.257 e. The maximum absolute atomic E-state index is 12.8. The fraction of sp³-hybridized carbons (Fsp3) is 0.611. The van der Waals surface area contributed by atoms with Crippen LogP contribution in [0.5, 0.6) is 0 Å². The zero-order valence-electron chi connectivity index (χ0n) is 14.2. The molecule has 3 aliphatic rings. The fourth-order valence-electron chi connectivity index (χ4n) is 4.09. The molecule has 0 spiro atoms. The molecule has 3 N–H and O–H groups in total. The van der Waals surface area contributed by atoms with E-state index in [1.165, 1.54) is 4.90 Å². The minimum Gasteiger partial charge on any atom is -0.387 e. The van der Waals surface area contributed by atoms with Crippen molar-refractivity contribution in [3.63, 3.8) is 0 Å². The lowest BCUT2D eigenvalue weighted by atomic mass is 9.85. The third-order valence-electron chi connectivity index (χ3n) is 5.42. The van der Waals surface area contributed by atoms with E-state index in [0.29, 0.717) is 19.6 Å². The van der Waals surface area contributed by atoms with Gasteiger partial charge in [-0.3, -0.25) is 9.69 Å². The molecule has 4 rings (SSSR count). The molecule has 5 atom stereocenters. The van der Waals surface area contributed by atoms with Gasteiger partial charge >= 0.3 is 0 Å². The molecule has 0 saturated carbocycles. The van der Waals surface area contributed by atoms with Crippen molar-refractivity contribution in [2.75, 3.05) is 19.8 Å². The Bertz CT molecular complexity index is 650. The number of fused-ring (bicyclic) bond motifs is 1. The first-order valence-corrected chi connectivity index (χ1v) is 8.84. The van der Waals surface area contributed by atoms with Crippen LogP contribution in [0.4, 0.5) is 0 Å². The zero-order valence-corrected chi connectivity index (χ0v) is 14.2. The standard InChI is InChI=1S/C18H23NO7/c20-14-15(21)17(23)19-12(11-4-2-1-3-5-11)10-26-18(19,16(14)22)7-6-13-24-8-9-25-13/h1-5,12-16,20-22H,6-10H2/t12-,14+,15-,16-,18-/m1/s1. The molecule has 1 aromatic carbocycles. The highest BCUT2D eigenvalue weighted by atomic mass is 16.7. The van der Waals surface area contributed by atoms with Crippen LogP contribution in [0.25, 0.3) is 0 Å². The Morgan fingerprint density at radius 3 is 2.50 bits per heavy atom. The van der Waals surface area contributed by atoms with Gasteiger partial charge in [0.05, 0.1) is 25.9 Å². The highest BCUT2D eigenvalue weighted by molar-refractivity contribution is 5.84. The highest BCUT2D eigenvalue weighted by Crippen LogP contribution is 2.46. The van der Waals surface area contributed by atoms with E-state index >= 15 is 0 Å². The first kappa shape index (κ1) is 17.8. The molecule has 0 unspecified atom stereocenters. The second-order valence-corrected chi connectivity index (χ2v) is 6.88. The molecule has 8 heteroatoms. The summed E-state index contributed by atoms with van der Waals surface area (Å²) in [6.45, 7) is 1.16. The van der Waals surface area contributed by atoms with Gasteiger partial charge in [0, 0.05) is 12.8 Å². The lowest BCUT2D eigenvalue weighted by Crippen LogP contribution is -2.70. The fourth-order valence-corrected chi connectivity index (χ4v) is 4.09. The Kier molecular flexibility index (Phi) is 4.72. The number of nitrogens with zero attached hydrogens (tertiary/aromatic N) is 1. The van der Waals surface area contributed by atoms with Crippen LogP contribution in [0.3, 0.4) is 0 Å². The second kappa shape index (κ2) is 6.88. The summed E-state index contributed by atoms with van der Waals surface area (Å²) >= 11 is 0. The molecule has 0 radical (unpaired) electrons. The van der Waals surface area contributed by atoms with Gasteiger partial charge in [-0.15, -0.1) is 0 Å². The Labute approximate surface area is 150 Å². The molecule has 0 aliphatic carbocycles. The third-order valence-corrected chi connectivity index (χ3v) is 5.42. The lowest BCUT2D eigenvalue weighted by molar-refractivity contribution is -0.242. The highest BCUT2D eigenvalue weighted by Gasteiger charge is 2.63. The molecule has 3 heterocycles. The number of piperidine rings is 1. The molecule has 3 aliphatic heterocycles. The second-order valence-electron chi connectivity index (χ2n) is 6.88. The van der Waals surface area contributed by atoms with E-state index in [1.54, 1.807) is 0 Å². The van der Waals surface area contributed by atoms with E-state index in [-0.39, 0.29) is 13.0 Å². The summed E-state index contributed by atoms with van der Waals surface area (Å²) < 4.78 is 16.8. The summed E-state index contributed by atoms with van der Waals surface area (Å²) in [6.07, 6.45) is -4.56. The van der Waals surface area contributed by atoms with Crippen LogP contribution in [0.1, 0.15) is 24.4 Å². The number of aliphatic hydroxyl groups excluding tert-OH is 3. The maximum Gasteiger partial charge on any atom is 0.257 e. The number of ether oxygens (including phenoxy) is 3. The van der Waals surface area contributed by atoms with Crippen molar-refractivity contribution in [3.05, 3.63) is 35.9 Å². The zero-order chi connectivity index (χ0) is 18.3. The lowest BCUT2D eigenvalue weighted by Gasteiger charge is -2.49. The minimum absolute atomic E-state index is 0.165. The summed E-state index contributed by atoms with van der Waals surface area (Å²) in [5, 5.41) is 31.0. The van der Waals surface area contributed by atoms with Gasteiger partial charge in [0.25, 0.3) is 5.91 Å². The number of rotatable bonds is 4. The first-order chi connectivity index (χ1) is 12.5. The summed E-state index contributed by atoms with van der Waals surface area (Å²) in [4.78, 5) is 14.2. The monoisotopic (exact) mass is 365 g/mol. The number of benzene rings is 1. The van der Waals surface area contributed by atoms with Crippen molar-refractivity contribution in [2.24, 2.45) is 0 Å². The molecular weight excluding hydrogens is 342 g/mol. The van der Waals surface area contributed by atoms with Crippen LogP contribution in [-0.2, 0) is 19.0 Å². The molecule has 3 saturated heterocycles. The Balaban J connectivity index is 1.66. The Morgan fingerprint density at radius 1 is 1.12 bits per heavy atom. The minimum atomic E-state index is -1.69. The van der Waals surface area contributed by atoms with Crippen LogP contribution >= 0.6 is 0 Å². The Hall–Kier alpha value is -1.55. The summed E-state index contributed by atoms with van der Waals surface area (Å²) in [5.74, 6) is -0.651. The van der Waals surface area contributed by atoms with Crippen LogP contribution in [-0.4, -0.2) is 76.3 Å². The predicted octanol–water partition coefficient (Wildman–Crippen LogP) is -0.468. The third kappa shape index (κ3) is 2.74. The van der Waals surface area contributed by atoms with Gasteiger partial charge in [-0.25, -0.2) is 0 Å². The van der Waals surface area contributed by atoms with Gasteiger partial charge in [-0.1, -0.05) is 30.3 Å². The number of carbonyl (C=O) groups is 1. The van der Waals surface area contributed by atoms with Crippen LogP contribution in [0, 0.1) is 0 Å². The average Bonchev–Trinajstić information content (AvgIpc) is 3.32. The van der Waals surface area contributed by atoms with Crippen molar-refractivity contribution in [1.29, 1.82) is 0 Å². The molecule has 3 fully saturated rings. The summed E-state index contributed by atoms with van der Waals surface area (Å²) in [6, 6.07) is 8.85. The summed E-state index contributed by atoms with van der Waals surface area (Å²) in [7, 11) is 0. The van der Waals surface area contributed by atoms with Gasteiger partial charge in [0.1, 0.15) is 12.2 Å². The van der Waals surface area contributed by atoms with Crippen LogP contribution in [0.15, 0.2) is 30.3 Å². The van der Waals surface area contributed by atoms with E-state index in [1.807, 2.05) is 30.3 Å². The number of aliphatic hydroxyl groups is 3. The van der Waals surface area contributed by atoms with Gasteiger partial charge in [0.15, 0.2) is 18.1 Å². The van der Waals surface area contributed by atoms with Gasteiger partial charge < -0.3 is 29.5 Å². The Morgan fingerprint density at radius 2 is 1.81 bits per heavy atom. The number of hydrogen-bond acceptors (Lipinski definition) is 7. The van der Waals surface area contributed by atoms with Gasteiger partial charge in [0.2, 0.25) is 0 Å². The van der Waals surface area contributed by atoms with E-state index in [2.05, 4.69) is 0 Å².